The Morgan fingerprint density at radius 3 is 2.42 bits per heavy atom. The molecule has 0 saturated carbocycles. The fourth-order valence-corrected chi connectivity index (χ4v) is 3.02. The maximum atomic E-state index is 14.2. The van der Waals surface area contributed by atoms with E-state index in [1.807, 2.05) is 0 Å². The first-order valence-electron chi connectivity index (χ1n) is 7.12. The Kier molecular flexibility index (Phi) is 5.61. The predicted octanol–water partition coefficient (Wildman–Crippen LogP) is 3.75. The maximum Gasteiger partial charge on any atom is 0.146 e. The highest BCUT2D eigenvalue weighted by molar-refractivity contribution is 6.30. The van der Waals surface area contributed by atoms with E-state index in [9.17, 15) is 4.39 Å². The third kappa shape index (κ3) is 3.68. The molecule has 4 heteroatoms. The summed E-state index contributed by atoms with van der Waals surface area (Å²) >= 11 is 5.88. The number of hydrogen-bond acceptors (Lipinski definition) is 2. The minimum Gasteiger partial charge on any atom is -0.329 e. The quantitative estimate of drug-likeness (QED) is 0.916. The van der Waals surface area contributed by atoms with E-state index >= 15 is 0 Å². The van der Waals surface area contributed by atoms with Gasteiger partial charge in [-0.25, -0.2) is 4.39 Å². The van der Waals surface area contributed by atoms with E-state index < -0.39 is 0 Å². The van der Waals surface area contributed by atoms with Crippen molar-refractivity contribution in [1.82, 2.24) is 4.90 Å². The average Bonchev–Trinajstić information content (AvgIpc) is 2.37. The van der Waals surface area contributed by atoms with E-state index in [-0.39, 0.29) is 16.9 Å². The van der Waals surface area contributed by atoms with Gasteiger partial charge in [-0.15, -0.1) is 0 Å². The van der Waals surface area contributed by atoms with E-state index in [2.05, 4.69) is 4.90 Å². The number of benzene rings is 1. The van der Waals surface area contributed by atoms with Gasteiger partial charge in [-0.05, 0) is 32.0 Å². The van der Waals surface area contributed by atoms with Gasteiger partial charge < -0.3 is 5.73 Å². The molecule has 1 aromatic rings. The molecule has 0 spiro atoms. The van der Waals surface area contributed by atoms with E-state index in [0.717, 1.165) is 13.1 Å². The summed E-state index contributed by atoms with van der Waals surface area (Å²) in [6.07, 6.45) is 6.15. The molecule has 2 rings (SSSR count). The minimum atomic E-state index is -0.318. The molecule has 2 N–H and O–H groups in total. The van der Waals surface area contributed by atoms with Gasteiger partial charge in [0.15, 0.2) is 0 Å². The van der Waals surface area contributed by atoms with Crippen molar-refractivity contribution in [1.29, 1.82) is 0 Å². The van der Waals surface area contributed by atoms with Gasteiger partial charge in [-0.1, -0.05) is 43.0 Å². The first-order chi connectivity index (χ1) is 9.24. The second-order valence-electron chi connectivity index (χ2n) is 5.20. The summed E-state index contributed by atoms with van der Waals surface area (Å²) in [7, 11) is 0. The summed E-state index contributed by atoms with van der Waals surface area (Å²) in [5, 5.41) is 0.183. The lowest BCUT2D eigenvalue weighted by molar-refractivity contribution is 0.180. The highest BCUT2D eigenvalue weighted by Gasteiger charge is 2.23. The lowest BCUT2D eigenvalue weighted by atomic mass is 10.0. The lowest BCUT2D eigenvalue weighted by Gasteiger charge is -2.32. The molecule has 106 valence electrons. The fraction of sp³-hybridized carbons (Fsp3) is 0.600. The van der Waals surface area contributed by atoms with Crippen LogP contribution in [0.25, 0.3) is 0 Å². The first-order valence-corrected chi connectivity index (χ1v) is 7.50. The van der Waals surface area contributed by atoms with Gasteiger partial charge in [0.25, 0.3) is 0 Å². The summed E-state index contributed by atoms with van der Waals surface area (Å²) in [5.41, 5.74) is 6.53. The van der Waals surface area contributed by atoms with Gasteiger partial charge >= 0.3 is 0 Å². The first kappa shape index (κ1) is 14.8. The van der Waals surface area contributed by atoms with E-state index in [1.165, 1.54) is 32.1 Å². The molecule has 1 heterocycles. The number of nitrogens with zero attached hydrogens (tertiary/aromatic N) is 1. The van der Waals surface area contributed by atoms with Crippen molar-refractivity contribution < 1.29 is 4.39 Å². The normalized spacial score (nSPS) is 19.7. The Bertz CT molecular complexity index is 403. The molecule has 0 aromatic heterocycles. The molecule has 0 aliphatic carbocycles. The summed E-state index contributed by atoms with van der Waals surface area (Å²) in [4.78, 5) is 2.31. The zero-order chi connectivity index (χ0) is 13.7. The Hall–Kier alpha value is -0.640. The Morgan fingerprint density at radius 2 is 1.79 bits per heavy atom. The van der Waals surface area contributed by atoms with Gasteiger partial charge in [0.1, 0.15) is 5.82 Å². The molecule has 2 nitrogen and oxygen atoms in total. The van der Waals surface area contributed by atoms with Gasteiger partial charge in [-0.2, -0.15) is 0 Å². The van der Waals surface area contributed by atoms with Crippen LogP contribution in [0.15, 0.2) is 18.2 Å². The smallest absolute Gasteiger partial charge is 0.146 e. The van der Waals surface area contributed by atoms with Crippen LogP contribution in [0.3, 0.4) is 0 Å². The summed E-state index contributed by atoms with van der Waals surface area (Å²) in [5.74, 6) is -0.318. The van der Waals surface area contributed by atoms with Crippen molar-refractivity contribution >= 4 is 11.6 Å². The highest BCUT2D eigenvalue weighted by Crippen LogP contribution is 2.28. The standard InChI is InChI=1S/C15H22ClFN2/c16-13-8-6-7-12(15(13)17)14(11-18)19-9-4-2-1-3-5-10-19/h6-8,14H,1-5,9-11,18H2. The summed E-state index contributed by atoms with van der Waals surface area (Å²) < 4.78 is 14.2. The van der Waals surface area contributed by atoms with Gasteiger partial charge in [0.2, 0.25) is 0 Å². The van der Waals surface area contributed by atoms with Gasteiger partial charge in [0, 0.05) is 18.2 Å². The average molecular weight is 285 g/mol. The van der Waals surface area contributed by atoms with E-state index in [4.69, 9.17) is 17.3 Å². The molecule has 0 radical (unpaired) electrons. The molecule has 1 aliphatic rings. The molecule has 0 amide bonds. The Balaban J connectivity index is 2.19. The molecular formula is C15H22ClFN2. The number of rotatable bonds is 3. The third-order valence-corrected chi connectivity index (χ3v) is 4.19. The Morgan fingerprint density at radius 1 is 1.16 bits per heavy atom. The number of likely N-dealkylation sites (tertiary alicyclic amines) is 1. The van der Waals surface area contributed by atoms with Crippen LogP contribution in [0.2, 0.25) is 5.02 Å². The second-order valence-corrected chi connectivity index (χ2v) is 5.61. The second kappa shape index (κ2) is 7.22. The zero-order valence-corrected chi connectivity index (χ0v) is 12.0. The number of nitrogens with two attached hydrogens (primary N) is 1. The van der Waals surface area contributed by atoms with Crippen molar-refractivity contribution in [3.05, 3.63) is 34.6 Å². The van der Waals surface area contributed by atoms with Gasteiger partial charge in [0.05, 0.1) is 5.02 Å². The van der Waals surface area contributed by atoms with Crippen molar-refractivity contribution in [2.24, 2.45) is 5.73 Å². The number of halogens is 2. The topological polar surface area (TPSA) is 29.3 Å². The monoisotopic (exact) mass is 284 g/mol. The molecule has 1 aromatic carbocycles. The van der Waals surface area contributed by atoms with E-state index in [1.54, 1.807) is 18.2 Å². The molecule has 1 aliphatic heterocycles. The van der Waals surface area contributed by atoms with Crippen molar-refractivity contribution in [3.63, 3.8) is 0 Å². The van der Waals surface area contributed by atoms with Crippen LogP contribution in [0.5, 0.6) is 0 Å². The minimum absolute atomic E-state index is 0.0585. The summed E-state index contributed by atoms with van der Waals surface area (Å²) in [6, 6.07) is 5.13. The van der Waals surface area contributed by atoms with Crippen LogP contribution in [0.4, 0.5) is 4.39 Å². The van der Waals surface area contributed by atoms with Crippen LogP contribution in [0.1, 0.15) is 43.7 Å². The van der Waals surface area contributed by atoms with Crippen LogP contribution >= 0.6 is 11.6 Å². The van der Waals surface area contributed by atoms with Crippen LogP contribution in [-0.4, -0.2) is 24.5 Å². The van der Waals surface area contributed by atoms with Crippen molar-refractivity contribution in [2.75, 3.05) is 19.6 Å². The lowest BCUT2D eigenvalue weighted by Crippen LogP contribution is -2.36. The van der Waals surface area contributed by atoms with Crippen molar-refractivity contribution in [2.45, 2.75) is 38.1 Å². The molecule has 0 bridgehead atoms. The Labute approximate surface area is 119 Å². The maximum absolute atomic E-state index is 14.2. The van der Waals surface area contributed by atoms with Crippen molar-refractivity contribution in [3.8, 4) is 0 Å². The zero-order valence-electron chi connectivity index (χ0n) is 11.2. The fourth-order valence-electron chi connectivity index (χ4n) is 2.83. The third-order valence-electron chi connectivity index (χ3n) is 3.90. The van der Waals surface area contributed by atoms with Crippen LogP contribution in [0, 0.1) is 5.82 Å². The SMILES string of the molecule is NCC(c1cccc(Cl)c1F)N1CCCCCCC1. The molecule has 1 atom stereocenters. The number of hydrogen-bond donors (Lipinski definition) is 1. The molecule has 19 heavy (non-hydrogen) atoms. The van der Waals surface area contributed by atoms with Crippen LogP contribution in [-0.2, 0) is 0 Å². The largest absolute Gasteiger partial charge is 0.329 e. The van der Waals surface area contributed by atoms with E-state index in [0.29, 0.717) is 12.1 Å². The molecule has 1 saturated heterocycles. The van der Waals surface area contributed by atoms with Gasteiger partial charge in [-0.3, -0.25) is 4.90 Å². The van der Waals surface area contributed by atoms with Crippen LogP contribution < -0.4 is 5.73 Å². The molecule has 1 unspecified atom stereocenters. The molecule has 1 fully saturated rings. The summed E-state index contributed by atoms with van der Waals surface area (Å²) in [6.45, 7) is 2.42. The predicted molar refractivity (Wildman–Crippen MR) is 77.9 cm³/mol. The molecular weight excluding hydrogens is 263 g/mol. The highest BCUT2D eigenvalue weighted by atomic mass is 35.5.